The highest BCUT2D eigenvalue weighted by Gasteiger charge is 2.14. The van der Waals surface area contributed by atoms with Gasteiger partial charge in [0, 0.05) is 22.5 Å². The fourth-order valence-electron chi connectivity index (χ4n) is 1.69. The first-order valence-corrected chi connectivity index (χ1v) is 6.99. The van der Waals surface area contributed by atoms with Crippen LogP contribution in [0.15, 0.2) is 22.7 Å². The van der Waals surface area contributed by atoms with Crippen molar-refractivity contribution in [3.05, 3.63) is 33.8 Å². The molecule has 1 aromatic rings. The molecule has 0 aliphatic rings. The maximum atomic E-state index is 12.1. The Morgan fingerprint density at radius 1 is 1.56 bits per heavy atom. The zero-order chi connectivity index (χ0) is 13.7. The topological polar surface area (TPSA) is 55.1 Å². The number of aryl methyl sites for hydroxylation is 1. The number of thiocarbonyl (C=S) groups is 1. The van der Waals surface area contributed by atoms with Crippen LogP contribution >= 0.6 is 28.1 Å². The molecule has 3 N–H and O–H groups in total. The molecule has 0 aliphatic heterocycles. The Hall–Kier alpha value is -0.940. The van der Waals surface area contributed by atoms with Gasteiger partial charge in [0.1, 0.15) is 0 Å². The number of carbonyl (C=O) groups excluding carboxylic acids is 1. The lowest BCUT2D eigenvalue weighted by molar-refractivity contribution is 0.0936. The minimum Gasteiger partial charge on any atom is -0.393 e. The van der Waals surface area contributed by atoms with Crippen molar-refractivity contribution in [1.29, 1.82) is 0 Å². The molecule has 1 aromatic carbocycles. The van der Waals surface area contributed by atoms with E-state index in [-0.39, 0.29) is 11.9 Å². The van der Waals surface area contributed by atoms with E-state index >= 15 is 0 Å². The summed E-state index contributed by atoms with van der Waals surface area (Å²) in [4.78, 5) is 12.5. The maximum Gasteiger partial charge on any atom is 0.251 e. The molecule has 18 heavy (non-hydrogen) atoms. The van der Waals surface area contributed by atoms with E-state index < -0.39 is 0 Å². The third kappa shape index (κ3) is 4.38. The largest absolute Gasteiger partial charge is 0.393 e. The number of nitrogens with two attached hydrogens (primary N) is 1. The number of hydrogen-bond donors (Lipinski definition) is 2. The lowest BCUT2D eigenvalue weighted by Crippen LogP contribution is -2.37. The molecule has 1 atom stereocenters. The van der Waals surface area contributed by atoms with Crippen molar-refractivity contribution in [2.75, 3.05) is 0 Å². The van der Waals surface area contributed by atoms with Crippen LogP contribution in [0.5, 0.6) is 0 Å². The molecule has 3 nitrogen and oxygen atoms in total. The second-order valence-electron chi connectivity index (χ2n) is 4.21. The molecule has 0 radical (unpaired) electrons. The Labute approximate surface area is 121 Å². The summed E-state index contributed by atoms with van der Waals surface area (Å²) < 4.78 is 0.965. The van der Waals surface area contributed by atoms with Gasteiger partial charge in [0.25, 0.3) is 5.91 Å². The van der Waals surface area contributed by atoms with Gasteiger partial charge in [0.15, 0.2) is 0 Å². The second kappa shape index (κ2) is 6.85. The zero-order valence-corrected chi connectivity index (χ0v) is 12.9. The maximum absolute atomic E-state index is 12.1. The van der Waals surface area contributed by atoms with Crippen LogP contribution in [-0.4, -0.2) is 16.9 Å². The minimum atomic E-state index is -0.0805. The Balaban J connectivity index is 2.77. The highest BCUT2D eigenvalue weighted by molar-refractivity contribution is 9.10. The third-order valence-electron chi connectivity index (χ3n) is 2.71. The summed E-state index contributed by atoms with van der Waals surface area (Å²) in [5.74, 6) is -0.0805. The molecule has 0 saturated heterocycles. The first kappa shape index (κ1) is 15.1. The van der Waals surface area contributed by atoms with Crippen LogP contribution in [-0.2, 0) is 0 Å². The molecule has 0 heterocycles. The van der Waals surface area contributed by atoms with E-state index in [1.54, 1.807) is 0 Å². The highest BCUT2D eigenvalue weighted by atomic mass is 79.9. The van der Waals surface area contributed by atoms with E-state index in [1.807, 2.05) is 32.0 Å². The first-order chi connectivity index (χ1) is 8.43. The highest BCUT2D eigenvalue weighted by Crippen LogP contribution is 2.16. The van der Waals surface area contributed by atoms with Gasteiger partial charge in [-0.2, -0.15) is 0 Å². The smallest absolute Gasteiger partial charge is 0.251 e. The number of carbonyl (C=O) groups is 1. The molecule has 0 aliphatic carbocycles. The summed E-state index contributed by atoms with van der Waals surface area (Å²) >= 11 is 8.25. The van der Waals surface area contributed by atoms with Gasteiger partial charge < -0.3 is 11.1 Å². The van der Waals surface area contributed by atoms with Crippen LogP contribution < -0.4 is 11.1 Å². The van der Waals surface area contributed by atoms with Gasteiger partial charge in [-0.3, -0.25) is 4.79 Å². The summed E-state index contributed by atoms with van der Waals surface area (Å²) in [5.41, 5.74) is 7.12. The SMILES string of the molecule is CCC(CC(N)=S)NC(=O)c1ccc(Br)cc1C. The molecule has 0 aromatic heterocycles. The van der Waals surface area contributed by atoms with Crippen molar-refractivity contribution in [2.45, 2.75) is 32.7 Å². The summed E-state index contributed by atoms with van der Waals surface area (Å²) in [5, 5.41) is 2.95. The molecule has 0 saturated carbocycles. The summed E-state index contributed by atoms with van der Waals surface area (Å²) in [6.07, 6.45) is 1.34. The Morgan fingerprint density at radius 2 is 2.22 bits per heavy atom. The summed E-state index contributed by atoms with van der Waals surface area (Å²) in [6, 6.07) is 5.58. The van der Waals surface area contributed by atoms with Gasteiger partial charge in [-0.05, 0) is 37.1 Å². The molecular formula is C13H17BrN2OS. The van der Waals surface area contributed by atoms with Crippen molar-refractivity contribution in [2.24, 2.45) is 5.73 Å². The number of rotatable bonds is 5. The lowest BCUT2D eigenvalue weighted by atomic mass is 10.1. The van der Waals surface area contributed by atoms with Gasteiger partial charge in [0.05, 0.1) is 4.99 Å². The monoisotopic (exact) mass is 328 g/mol. The molecule has 1 unspecified atom stereocenters. The molecule has 1 rings (SSSR count). The van der Waals surface area contributed by atoms with Gasteiger partial charge >= 0.3 is 0 Å². The fraction of sp³-hybridized carbons (Fsp3) is 0.385. The van der Waals surface area contributed by atoms with E-state index in [4.69, 9.17) is 18.0 Å². The fourth-order valence-corrected chi connectivity index (χ4v) is 2.36. The van der Waals surface area contributed by atoms with Crippen LogP contribution in [0.4, 0.5) is 0 Å². The van der Waals surface area contributed by atoms with Gasteiger partial charge in [0.2, 0.25) is 0 Å². The standard InChI is InChI=1S/C13H17BrN2OS/c1-3-10(7-12(15)18)16-13(17)11-5-4-9(14)6-8(11)2/h4-6,10H,3,7H2,1-2H3,(H2,15,18)(H,16,17). The van der Waals surface area contributed by atoms with Crippen LogP contribution in [0.1, 0.15) is 35.7 Å². The summed E-state index contributed by atoms with van der Waals surface area (Å²) in [7, 11) is 0. The van der Waals surface area contributed by atoms with E-state index in [9.17, 15) is 4.79 Å². The minimum absolute atomic E-state index is 0.00181. The first-order valence-electron chi connectivity index (χ1n) is 5.79. The molecule has 1 amide bonds. The average molecular weight is 329 g/mol. The summed E-state index contributed by atoms with van der Waals surface area (Å²) in [6.45, 7) is 3.91. The normalized spacial score (nSPS) is 11.9. The van der Waals surface area contributed by atoms with Crippen molar-refractivity contribution < 1.29 is 4.79 Å². The molecule has 98 valence electrons. The van der Waals surface area contributed by atoms with E-state index in [0.717, 1.165) is 16.5 Å². The molecule has 5 heteroatoms. The molecule has 0 bridgehead atoms. The van der Waals surface area contributed by atoms with E-state index in [0.29, 0.717) is 17.0 Å². The Kier molecular flexibility index (Phi) is 5.75. The van der Waals surface area contributed by atoms with Crippen molar-refractivity contribution in [1.82, 2.24) is 5.32 Å². The van der Waals surface area contributed by atoms with Crippen molar-refractivity contribution in [3.63, 3.8) is 0 Å². The molecular weight excluding hydrogens is 312 g/mol. The molecule has 0 spiro atoms. The Bertz CT molecular complexity index is 462. The number of halogens is 1. The third-order valence-corrected chi connectivity index (χ3v) is 3.37. The van der Waals surface area contributed by atoms with Crippen LogP contribution in [0, 0.1) is 6.92 Å². The predicted molar refractivity (Wildman–Crippen MR) is 81.8 cm³/mol. The number of benzene rings is 1. The van der Waals surface area contributed by atoms with E-state index in [1.165, 1.54) is 0 Å². The Morgan fingerprint density at radius 3 is 2.72 bits per heavy atom. The number of amides is 1. The van der Waals surface area contributed by atoms with Gasteiger partial charge in [-0.25, -0.2) is 0 Å². The van der Waals surface area contributed by atoms with Gasteiger partial charge in [-0.15, -0.1) is 0 Å². The van der Waals surface area contributed by atoms with E-state index in [2.05, 4.69) is 21.2 Å². The van der Waals surface area contributed by atoms with Gasteiger partial charge in [-0.1, -0.05) is 35.1 Å². The van der Waals surface area contributed by atoms with Crippen LogP contribution in [0.25, 0.3) is 0 Å². The second-order valence-corrected chi connectivity index (χ2v) is 5.65. The lowest BCUT2D eigenvalue weighted by Gasteiger charge is -2.17. The number of hydrogen-bond acceptors (Lipinski definition) is 2. The number of nitrogens with one attached hydrogen (secondary N) is 1. The zero-order valence-electron chi connectivity index (χ0n) is 10.5. The van der Waals surface area contributed by atoms with Crippen molar-refractivity contribution in [3.8, 4) is 0 Å². The van der Waals surface area contributed by atoms with Crippen LogP contribution in [0.2, 0.25) is 0 Å². The van der Waals surface area contributed by atoms with Crippen LogP contribution in [0.3, 0.4) is 0 Å². The predicted octanol–water partition coefficient (Wildman–Crippen LogP) is 2.94. The quantitative estimate of drug-likeness (QED) is 0.817. The molecule has 0 fully saturated rings. The van der Waals surface area contributed by atoms with Crippen molar-refractivity contribution >= 4 is 39.0 Å². The average Bonchev–Trinajstić information content (AvgIpc) is 2.27.